The minimum atomic E-state index is -0.170. The van der Waals surface area contributed by atoms with Crippen molar-refractivity contribution in [3.63, 3.8) is 0 Å². The topological polar surface area (TPSA) is 81.4 Å². The molecule has 0 spiro atoms. The Hall–Kier alpha value is -2.37. The molecular weight excluding hydrogens is 376 g/mol. The molecule has 1 amide bonds. The van der Waals surface area contributed by atoms with E-state index in [9.17, 15) is 9.59 Å². The Kier molecular flexibility index (Phi) is 8.48. The summed E-state index contributed by atoms with van der Waals surface area (Å²) >= 11 is 0. The second kappa shape index (κ2) is 10.8. The second-order valence-electron chi connectivity index (χ2n) is 6.82. The first-order chi connectivity index (χ1) is 13.2. The van der Waals surface area contributed by atoms with Gasteiger partial charge in [-0.05, 0) is 67.1 Å². The van der Waals surface area contributed by atoms with Crippen LogP contribution in [0.15, 0.2) is 42.5 Å². The number of ether oxygens (including phenoxy) is 1. The SMILES string of the molecule is Cl.NCCOc1ccc(NC(=O)CCC(=O)c2ccc3c(c2)CCCC3)cc1. The van der Waals surface area contributed by atoms with E-state index in [0.29, 0.717) is 30.2 Å². The van der Waals surface area contributed by atoms with Crippen molar-refractivity contribution in [1.29, 1.82) is 0 Å². The number of rotatable bonds is 8. The molecule has 2 aromatic rings. The molecule has 3 rings (SSSR count). The van der Waals surface area contributed by atoms with E-state index in [2.05, 4.69) is 11.4 Å². The van der Waals surface area contributed by atoms with E-state index >= 15 is 0 Å². The summed E-state index contributed by atoms with van der Waals surface area (Å²) in [5.41, 5.74) is 9.43. The van der Waals surface area contributed by atoms with Crippen LogP contribution in [0.1, 0.15) is 47.2 Å². The van der Waals surface area contributed by atoms with Crippen LogP contribution < -0.4 is 15.8 Å². The predicted molar refractivity (Wildman–Crippen MR) is 114 cm³/mol. The molecule has 1 aliphatic carbocycles. The minimum absolute atomic E-state index is 0. The van der Waals surface area contributed by atoms with Crippen LogP contribution in [0, 0.1) is 0 Å². The molecule has 2 aromatic carbocycles. The van der Waals surface area contributed by atoms with E-state index in [-0.39, 0.29) is 36.9 Å². The lowest BCUT2D eigenvalue weighted by atomic mass is 9.89. The zero-order valence-electron chi connectivity index (χ0n) is 15.9. The number of benzene rings is 2. The largest absolute Gasteiger partial charge is 0.492 e. The van der Waals surface area contributed by atoms with Gasteiger partial charge in [-0.15, -0.1) is 12.4 Å². The van der Waals surface area contributed by atoms with Gasteiger partial charge in [0.25, 0.3) is 0 Å². The average Bonchev–Trinajstić information content (AvgIpc) is 2.71. The number of Topliss-reactive ketones (excluding diaryl/α,β-unsaturated/α-hetero) is 1. The van der Waals surface area contributed by atoms with Crippen LogP contribution in [0.5, 0.6) is 5.75 Å². The van der Waals surface area contributed by atoms with E-state index in [0.717, 1.165) is 12.8 Å². The van der Waals surface area contributed by atoms with Crippen molar-refractivity contribution in [1.82, 2.24) is 0 Å². The Morgan fingerprint density at radius 2 is 1.68 bits per heavy atom. The maximum absolute atomic E-state index is 12.4. The van der Waals surface area contributed by atoms with Crippen molar-refractivity contribution < 1.29 is 14.3 Å². The molecule has 28 heavy (non-hydrogen) atoms. The summed E-state index contributed by atoms with van der Waals surface area (Å²) in [4.78, 5) is 24.6. The van der Waals surface area contributed by atoms with Gasteiger partial charge in [0.1, 0.15) is 12.4 Å². The predicted octanol–water partition coefficient (Wildman–Crippen LogP) is 3.93. The summed E-state index contributed by atoms with van der Waals surface area (Å²) in [6, 6.07) is 13.1. The van der Waals surface area contributed by atoms with E-state index in [1.807, 2.05) is 12.1 Å². The van der Waals surface area contributed by atoms with Crippen LogP contribution in [0.4, 0.5) is 5.69 Å². The first-order valence-electron chi connectivity index (χ1n) is 9.53. The molecule has 0 bridgehead atoms. The second-order valence-corrected chi connectivity index (χ2v) is 6.82. The molecule has 0 aromatic heterocycles. The molecule has 0 saturated heterocycles. The summed E-state index contributed by atoms with van der Waals surface area (Å²) in [5, 5.41) is 2.81. The first-order valence-corrected chi connectivity index (χ1v) is 9.53. The fourth-order valence-electron chi connectivity index (χ4n) is 3.31. The van der Waals surface area contributed by atoms with Crippen LogP contribution >= 0.6 is 12.4 Å². The third-order valence-electron chi connectivity index (χ3n) is 4.77. The van der Waals surface area contributed by atoms with E-state index in [1.54, 1.807) is 24.3 Å². The number of nitrogens with two attached hydrogens (primary N) is 1. The van der Waals surface area contributed by atoms with Gasteiger partial charge in [-0.3, -0.25) is 9.59 Å². The van der Waals surface area contributed by atoms with E-state index in [4.69, 9.17) is 10.5 Å². The number of amides is 1. The highest BCUT2D eigenvalue weighted by Gasteiger charge is 2.14. The van der Waals surface area contributed by atoms with Crippen LogP contribution in [-0.2, 0) is 17.6 Å². The molecule has 6 heteroatoms. The molecule has 0 aliphatic heterocycles. The van der Waals surface area contributed by atoms with Gasteiger partial charge in [0.15, 0.2) is 5.78 Å². The third-order valence-corrected chi connectivity index (χ3v) is 4.77. The number of fused-ring (bicyclic) bond motifs is 1. The smallest absolute Gasteiger partial charge is 0.224 e. The number of hydrogen-bond acceptors (Lipinski definition) is 4. The lowest BCUT2D eigenvalue weighted by Crippen LogP contribution is -2.14. The Morgan fingerprint density at radius 3 is 2.39 bits per heavy atom. The monoisotopic (exact) mass is 402 g/mol. The molecule has 0 fully saturated rings. The summed E-state index contributed by atoms with van der Waals surface area (Å²) in [5.74, 6) is 0.557. The van der Waals surface area contributed by atoms with Crippen molar-refractivity contribution in [3.05, 3.63) is 59.2 Å². The minimum Gasteiger partial charge on any atom is -0.492 e. The number of anilines is 1. The zero-order valence-corrected chi connectivity index (χ0v) is 16.7. The molecule has 0 saturated carbocycles. The van der Waals surface area contributed by atoms with Crippen LogP contribution in [0.3, 0.4) is 0 Å². The number of carbonyl (C=O) groups excluding carboxylic acids is 2. The van der Waals surface area contributed by atoms with Gasteiger partial charge in [-0.25, -0.2) is 0 Å². The van der Waals surface area contributed by atoms with Gasteiger partial charge >= 0.3 is 0 Å². The highest BCUT2D eigenvalue weighted by Crippen LogP contribution is 2.23. The number of ketones is 1. The van der Waals surface area contributed by atoms with Gasteiger partial charge in [0.2, 0.25) is 5.91 Å². The molecule has 0 heterocycles. The summed E-state index contributed by atoms with van der Waals surface area (Å²) in [6.45, 7) is 0.910. The van der Waals surface area contributed by atoms with Gasteiger partial charge in [-0.2, -0.15) is 0 Å². The zero-order chi connectivity index (χ0) is 19.1. The molecule has 5 nitrogen and oxygen atoms in total. The molecule has 150 valence electrons. The van der Waals surface area contributed by atoms with E-state index in [1.165, 1.54) is 24.0 Å². The maximum atomic E-state index is 12.4. The van der Waals surface area contributed by atoms with Crippen molar-refractivity contribution in [2.75, 3.05) is 18.5 Å². The summed E-state index contributed by atoms with van der Waals surface area (Å²) < 4.78 is 5.40. The number of aryl methyl sites for hydroxylation is 2. The Bertz CT molecular complexity index is 806. The van der Waals surface area contributed by atoms with Crippen LogP contribution in [0.2, 0.25) is 0 Å². The van der Waals surface area contributed by atoms with Crippen molar-refractivity contribution in [3.8, 4) is 5.75 Å². The normalized spacial score (nSPS) is 12.5. The molecule has 0 atom stereocenters. The van der Waals surface area contributed by atoms with Crippen LogP contribution in [-0.4, -0.2) is 24.8 Å². The Labute approximate surface area is 172 Å². The highest BCUT2D eigenvalue weighted by molar-refractivity contribution is 6.00. The lowest BCUT2D eigenvalue weighted by molar-refractivity contribution is -0.116. The number of hydrogen-bond donors (Lipinski definition) is 2. The number of nitrogens with one attached hydrogen (secondary N) is 1. The molecular formula is C22H27ClN2O3. The lowest BCUT2D eigenvalue weighted by Gasteiger charge is -2.16. The van der Waals surface area contributed by atoms with Gasteiger partial charge in [0.05, 0.1) is 0 Å². The number of carbonyl (C=O) groups is 2. The molecule has 0 radical (unpaired) electrons. The van der Waals surface area contributed by atoms with E-state index < -0.39 is 0 Å². The first kappa shape index (κ1) is 21.9. The highest BCUT2D eigenvalue weighted by atomic mass is 35.5. The fraction of sp³-hybridized carbons (Fsp3) is 0.364. The molecule has 0 unspecified atom stereocenters. The number of halogens is 1. The summed E-state index contributed by atoms with van der Waals surface area (Å²) in [7, 11) is 0. The van der Waals surface area contributed by atoms with Gasteiger partial charge < -0.3 is 15.8 Å². The fourth-order valence-corrected chi connectivity index (χ4v) is 3.31. The quantitative estimate of drug-likeness (QED) is 0.655. The van der Waals surface area contributed by atoms with Crippen molar-refractivity contribution >= 4 is 29.8 Å². The summed E-state index contributed by atoms with van der Waals surface area (Å²) in [6.07, 6.45) is 4.93. The van der Waals surface area contributed by atoms with Gasteiger partial charge in [-0.1, -0.05) is 12.1 Å². The van der Waals surface area contributed by atoms with Gasteiger partial charge in [0, 0.05) is 30.6 Å². The molecule has 1 aliphatic rings. The Balaban J connectivity index is 0.00000280. The standard InChI is InChI=1S/C22H26N2O3.ClH/c23-13-14-27-20-9-7-19(8-10-20)24-22(26)12-11-21(25)18-6-5-16-3-1-2-4-17(16)15-18;/h5-10,15H,1-4,11-14,23H2,(H,24,26);1H. The van der Waals surface area contributed by atoms with Crippen molar-refractivity contribution in [2.24, 2.45) is 5.73 Å². The Morgan fingerprint density at radius 1 is 0.964 bits per heavy atom. The average molecular weight is 403 g/mol. The third kappa shape index (κ3) is 6.08. The van der Waals surface area contributed by atoms with Crippen LogP contribution in [0.25, 0.3) is 0 Å². The molecule has 3 N–H and O–H groups in total. The van der Waals surface area contributed by atoms with Crippen molar-refractivity contribution in [2.45, 2.75) is 38.5 Å². The maximum Gasteiger partial charge on any atom is 0.224 e.